The molecule has 0 aromatic carbocycles. The molecule has 1 aromatic heterocycles. The number of carboxylic acid groups (broad SMARTS) is 1. The molecule has 1 spiro atoms. The van der Waals surface area contributed by atoms with E-state index in [0.717, 1.165) is 5.82 Å². The van der Waals surface area contributed by atoms with E-state index in [1.807, 2.05) is 18.4 Å². The Morgan fingerprint density at radius 3 is 2.74 bits per heavy atom. The molecule has 23 heavy (non-hydrogen) atoms. The van der Waals surface area contributed by atoms with Gasteiger partial charge in [-0.2, -0.15) is 0 Å². The largest absolute Gasteiger partial charge is 0.479 e. The number of ether oxygens (including phenoxy) is 1. The molecule has 0 bridgehead atoms. The first-order valence-electron chi connectivity index (χ1n) is 7.89. The summed E-state index contributed by atoms with van der Waals surface area (Å²) in [6, 6.07) is -0.0107. The standard InChI is InChI=1S/C15H22N4O4/c1-10(2)17-14(22)18-6-3-15(4-7-18)13-16-5-8-19(13)9-11(23-15)12(20)21/h5,8,10-11H,3-4,6-7,9H2,1-2H3,(H,17,22)(H,20,21). The summed E-state index contributed by atoms with van der Waals surface area (Å²) in [5.41, 5.74) is -0.723. The van der Waals surface area contributed by atoms with E-state index in [4.69, 9.17) is 4.74 Å². The van der Waals surface area contributed by atoms with Gasteiger partial charge in [0.15, 0.2) is 6.10 Å². The van der Waals surface area contributed by atoms with E-state index in [2.05, 4.69) is 10.3 Å². The Balaban J connectivity index is 1.76. The predicted molar refractivity (Wildman–Crippen MR) is 80.9 cm³/mol. The zero-order valence-corrected chi connectivity index (χ0v) is 13.4. The van der Waals surface area contributed by atoms with E-state index < -0.39 is 17.7 Å². The minimum Gasteiger partial charge on any atom is -0.479 e. The van der Waals surface area contributed by atoms with Crippen molar-refractivity contribution in [2.24, 2.45) is 0 Å². The molecule has 2 aliphatic heterocycles. The van der Waals surface area contributed by atoms with Crippen molar-refractivity contribution >= 4 is 12.0 Å². The Kier molecular flexibility index (Phi) is 4.01. The van der Waals surface area contributed by atoms with Crippen molar-refractivity contribution in [3.8, 4) is 0 Å². The van der Waals surface area contributed by atoms with Crippen molar-refractivity contribution in [1.82, 2.24) is 19.8 Å². The van der Waals surface area contributed by atoms with Gasteiger partial charge in [-0.25, -0.2) is 14.6 Å². The van der Waals surface area contributed by atoms with Crippen LogP contribution in [0.25, 0.3) is 0 Å². The Morgan fingerprint density at radius 2 is 2.13 bits per heavy atom. The van der Waals surface area contributed by atoms with Gasteiger partial charge in [0.1, 0.15) is 11.4 Å². The summed E-state index contributed by atoms with van der Waals surface area (Å²) in [5.74, 6) is -0.206. The molecule has 3 heterocycles. The fourth-order valence-electron chi connectivity index (χ4n) is 3.28. The van der Waals surface area contributed by atoms with Crippen LogP contribution in [0, 0.1) is 0 Å². The molecule has 8 nitrogen and oxygen atoms in total. The fourth-order valence-corrected chi connectivity index (χ4v) is 3.28. The monoisotopic (exact) mass is 322 g/mol. The molecule has 3 rings (SSSR count). The molecule has 1 atom stereocenters. The van der Waals surface area contributed by atoms with Crippen LogP contribution in [0.5, 0.6) is 0 Å². The van der Waals surface area contributed by atoms with E-state index in [-0.39, 0.29) is 18.6 Å². The van der Waals surface area contributed by atoms with Gasteiger partial charge in [-0.05, 0) is 13.8 Å². The highest BCUT2D eigenvalue weighted by Gasteiger charge is 2.47. The van der Waals surface area contributed by atoms with Gasteiger partial charge in [0.25, 0.3) is 0 Å². The van der Waals surface area contributed by atoms with Crippen LogP contribution in [-0.4, -0.2) is 56.8 Å². The first kappa shape index (κ1) is 15.8. The SMILES string of the molecule is CC(C)NC(=O)N1CCC2(CC1)OC(C(=O)O)Cn1ccnc12. The lowest BCUT2D eigenvalue weighted by molar-refractivity contribution is -0.185. The average molecular weight is 322 g/mol. The summed E-state index contributed by atoms with van der Waals surface area (Å²) < 4.78 is 7.78. The van der Waals surface area contributed by atoms with E-state index in [9.17, 15) is 14.7 Å². The third-order valence-corrected chi connectivity index (χ3v) is 4.40. The quantitative estimate of drug-likeness (QED) is 0.838. The molecule has 1 saturated heterocycles. The summed E-state index contributed by atoms with van der Waals surface area (Å²) in [4.78, 5) is 29.6. The smallest absolute Gasteiger partial charge is 0.334 e. The minimum absolute atomic E-state index is 0.0830. The van der Waals surface area contributed by atoms with Crippen LogP contribution in [0.4, 0.5) is 4.79 Å². The molecule has 126 valence electrons. The number of carbonyl (C=O) groups is 2. The second-order valence-electron chi connectivity index (χ2n) is 6.43. The highest BCUT2D eigenvalue weighted by molar-refractivity contribution is 5.74. The zero-order chi connectivity index (χ0) is 16.6. The van der Waals surface area contributed by atoms with Gasteiger partial charge in [-0.15, -0.1) is 0 Å². The Bertz CT molecular complexity index is 604. The van der Waals surface area contributed by atoms with E-state index >= 15 is 0 Å². The van der Waals surface area contributed by atoms with Crippen molar-refractivity contribution in [2.45, 2.75) is 51.0 Å². The number of hydrogen-bond acceptors (Lipinski definition) is 4. The summed E-state index contributed by atoms with van der Waals surface area (Å²) in [6.45, 7) is 5.13. The molecule has 1 unspecified atom stereocenters. The third kappa shape index (κ3) is 2.90. The molecule has 1 aromatic rings. The minimum atomic E-state index is -0.969. The summed E-state index contributed by atoms with van der Waals surface area (Å²) >= 11 is 0. The maximum Gasteiger partial charge on any atom is 0.334 e. The molecular weight excluding hydrogens is 300 g/mol. The lowest BCUT2D eigenvalue weighted by Gasteiger charge is -2.45. The van der Waals surface area contributed by atoms with Crippen LogP contribution in [0.1, 0.15) is 32.5 Å². The maximum absolute atomic E-state index is 12.1. The number of aromatic nitrogens is 2. The number of hydrogen-bond donors (Lipinski definition) is 2. The van der Waals surface area contributed by atoms with Gasteiger partial charge >= 0.3 is 12.0 Å². The predicted octanol–water partition coefficient (Wildman–Crippen LogP) is 0.776. The normalized spacial score (nSPS) is 22.9. The summed E-state index contributed by atoms with van der Waals surface area (Å²) in [5, 5.41) is 12.2. The second kappa shape index (κ2) is 5.84. The van der Waals surface area contributed by atoms with Crippen molar-refractivity contribution in [2.75, 3.05) is 13.1 Å². The van der Waals surface area contributed by atoms with Crippen molar-refractivity contribution in [3.63, 3.8) is 0 Å². The number of piperidine rings is 1. The first-order valence-corrected chi connectivity index (χ1v) is 7.89. The number of fused-ring (bicyclic) bond motifs is 2. The lowest BCUT2D eigenvalue weighted by Crippen LogP contribution is -2.55. The molecule has 1 fully saturated rings. The van der Waals surface area contributed by atoms with Crippen LogP contribution < -0.4 is 5.32 Å². The topological polar surface area (TPSA) is 96.7 Å². The fraction of sp³-hybridized carbons (Fsp3) is 0.667. The first-order chi connectivity index (χ1) is 10.9. The Morgan fingerprint density at radius 1 is 1.43 bits per heavy atom. The van der Waals surface area contributed by atoms with Gasteiger partial charge in [0, 0.05) is 44.4 Å². The van der Waals surface area contributed by atoms with Gasteiger partial charge in [-0.3, -0.25) is 0 Å². The molecular formula is C15H22N4O4. The number of rotatable bonds is 2. The second-order valence-corrected chi connectivity index (χ2v) is 6.43. The number of urea groups is 1. The van der Waals surface area contributed by atoms with Crippen LogP contribution in [0.15, 0.2) is 12.4 Å². The molecule has 0 saturated carbocycles. The number of nitrogens with zero attached hydrogens (tertiary/aromatic N) is 3. The maximum atomic E-state index is 12.1. The lowest BCUT2D eigenvalue weighted by atomic mass is 9.88. The summed E-state index contributed by atoms with van der Waals surface area (Å²) in [7, 11) is 0. The van der Waals surface area contributed by atoms with Crippen molar-refractivity contribution < 1.29 is 19.4 Å². The highest BCUT2D eigenvalue weighted by atomic mass is 16.5. The van der Waals surface area contributed by atoms with E-state index in [1.165, 1.54) is 0 Å². The molecule has 0 radical (unpaired) electrons. The molecule has 2 aliphatic rings. The zero-order valence-electron chi connectivity index (χ0n) is 13.4. The van der Waals surface area contributed by atoms with Crippen LogP contribution in [0.3, 0.4) is 0 Å². The number of likely N-dealkylation sites (tertiary alicyclic amines) is 1. The molecule has 8 heteroatoms. The molecule has 0 aliphatic carbocycles. The van der Waals surface area contributed by atoms with Gasteiger partial charge in [-0.1, -0.05) is 0 Å². The van der Waals surface area contributed by atoms with Crippen molar-refractivity contribution in [1.29, 1.82) is 0 Å². The molecule has 2 amide bonds. The molecule has 2 N–H and O–H groups in total. The average Bonchev–Trinajstić information content (AvgIpc) is 2.96. The van der Waals surface area contributed by atoms with Crippen molar-refractivity contribution in [3.05, 3.63) is 18.2 Å². The third-order valence-electron chi connectivity index (χ3n) is 4.40. The number of carbonyl (C=O) groups excluding carboxylic acids is 1. The number of aliphatic carboxylic acids is 1. The van der Waals surface area contributed by atoms with E-state index in [0.29, 0.717) is 25.9 Å². The number of imidazole rings is 1. The van der Waals surface area contributed by atoms with Gasteiger partial charge < -0.3 is 24.6 Å². The van der Waals surface area contributed by atoms with Gasteiger partial charge in [0.05, 0.1) is 6.54 Å². The van der Waals surface area contributed by atoms with E-state index in [1.54, 1.807) is 17.3 Å². The Labute approximate surface area is 134 Å². The van der Waals surface area contributed by atoms with Gasteiger partial charge in [0.2, 0.25) is 0 Å². The van der Waals surface area contributed by atoms with Crippen LogP contribution in [0.2, 0.25) is 0 Å². The number of amides is 2. The number of nitrogens with one attached hydrogen (secondary N) is 1. The Hall–Kier alpha value is -2.09. The van der Waals surface area contributed by atoms with Crippen LogP contribution >= 0.6 is 0 Å². The number of carboxylic acids is 1. The summed E-state index contributed by atoms with van der Waals surface area (Å²) in [6.07, 6.45) is 3.65. The van der Waals surface area contributed by atoms with Crippen LogP contribution in [-0.2, 0) is 21.7 Å². The highest BCUT2D eigenvalue weighted by Crippen LogP contribution is 2.40.